The summed E-state index contributed by atoms with van der Waals surface area (Å²) in [6, 6.07) is 4.59. The molecule has 1 N–H and O–H groups in total. The molecule has 2 unspecified atom stereocenters. The summed E-state index contributed by atoms with van der Waals surface area (Å²) in [6.45, 7) is 2.29. The number of hydrogen-bond acceptors (Lipinski definition) is 2. The molecule has 0 radical (unpaired) electrons. The largest absolute Gasteiger partial charge is 0.366 e. The van der Waals surface area contributed by atoms with E-state index in [4.69, 9.17) is 0 Å². The summed E-state index contributed by atoms with van der Waals surface area (Å²) in [5, 5.41) is 3.59. The van der Waals surface area contributed by atoms with Gasteiger partial charge in [0.05, 0.1) is 4.47 Å². The van der Waals surface area contributed by atoms with Crippen LogP contribution in [0.3, 0.4) is 0 Å². The first-order chi connectivity index (χ1) is 7.81. The highest BCUT2D eigenvalue weighted by atomic mass is 79.9. The number of halogens is 1. The van der Waals surface area contributed by atoms with Gasteiger partial charge in [0.1, 0.15) is 5.82 Å². The van der Waals surface area contributed by atoms with Crippen LogP contribution in [-0.4, -0.2) is 11.0 Å². The van der Waals surface area contributed by atoms with Crippen LogP contribution in [0.25, 0.3) is 0 Å². The van der Waals surface area contributed by atoms with Crippen LogP contribution >= 0.6 is 15.9 Å². The Bertz CT molecular complexity index is 340. The Labute approximate surface area is 106 Å². The Balaban J connectivity index is 2.05. The van der Waals surface area contributed by atoms with E-state index in [0.717, 1.165) is 16.2 Å². The lowest BCUT2D eigenvalue weighted by Crippen LogP contribution is -2.32. The molecule has 2 nitrogen and oxygen atoms in total. The van der Waals surface area contributed by atoms with Crippen LogP contribution in [0, 0.1) is 5.92 Å². The predicted octanol–water partition coefficient (Wildman–Crippen LogP) is 4.22. The van der Waals surface area contributed by atoms with Gasteiger partial charge in [-0.2, -0.15) is 0 Å². The summed E-state index contributed by atoms with van der Waals surface area (Å²) in [4.78, 5) is 4.38. The van der Waals surface area contributed by atoms with E-state index >= 15 is 0 Å². The molecule has 2 rings (SSSR count). The van der Waals surface area contributed by atoms with Gasteiger partial charge in [-0.05, 0) is 46.8 Å². The highest BCUT2D eigenvalue weighted by Crippen LogP contribution is 2.30. The van der Waals surface area contributed by atoms with Gasteiger partial charge in [0.25, 0.3) is 0 Å². The molecule has 0 spiro atoms. The Morgan fingerprint density at radius 3 is 3.00 bits per heavy atom. The van der Waals surface area contributed by atoms with E-state index in [9.17, 15) is 0 Å². The van der Waals surface area contributed by atoms with E-state index in [1.807, 2.05) is 18.3 Å². The molecule has 1 aliphatic carbocycles. The van der Waals surface area contributed by atoms with Gasteiger partial charge in [0.2, 0.25) is 0 Å². The van der Waals surface area contributed by atoms with Crippen molar-refractivity contribution < 1.29 is 0 Å². The zero-order valence-corrected chi connectivity index (χ0v) is 11.3. The topological polar surface area (TPSA) is 24.9 Å². The molecule has 3 heteroatoms. The average Bonchev–Trinajstić information content (AvgIpc) is 2.33. The number of rotatable bonds is 3. The summed E-state index contributed by atoms with van der Waals surface area (Å²) in [6.07, 6.45) is 8.48. The number of anilines is 1. The van der Waals surface area contributed by atoms with Gasteiger partial charge in [0, 0.05) is 12.2 Å². The summed E-state index contributed by atoms with van der Waals surface area (Å²) < 4.78 is 1.07. The van der Waals surface area contributed by atoms with Crippen LogP contribution in [0.2, 0.25) is 0 Å². The van der Waals surface area contributed by atoms with Crippen molar-refractivity contribution in [1.82, 2.24) is 4.98 Å². The number of pyridine rings is 1. The second-order valence-electron chi connectivity index (χ2n) is 4.54. The number of aromatic nitrogens is 1. The molecule has 0 saturated heterocycles. The fraction of sp³-hybridized carbons (Fsp3) is 0.615. The van der Waals surface area contributed by atoms with E-state index in [1.165, 1.54) is 32.1 Å². The monoisotopic (exact) mass is 282 g/mol. The van der Waals surface area contributed by atoms with Gasteiger partial charge in [-0.15, -0.1) is 0 Å². The summed E-state index contributed by atoms with van der Waals surface area (Å²) in [5.74, 6) is 1.80. The van der Waals surface area contributed by atoms with Crippen molar-refractivity contribution >= 4 is 21.7 Å². The molecular weight excluding hydrogens is 264 g/mol. The van der Waals surface area contributed by atoms with Crippen LogP contribution in [0.4, 0.5) is 5.82 Å². The smallest absolute Gasteiger partial charge is 0.140 e. The molecule has 1 saturated carbocycles. The minimum Gasteiger partial charge on any atom is -0.366 e. The van der Waals surface area contributed by atoms with Crippen molar-refractivity contribution in [2.75, 3.05) is 5.32 Å². The summed E-state index contributed by atoms with van der Waals surface area (Å²) in [7, 11) is 0. The van der Waals surface area contributed by atoms with Crippen LogP contribution in [0.15, 0.2) is 22.8 Å². The fourth-order valence-corrected chi connectivity index (χ4v) is 2.92. The molecule has 88 valence electrons. The maximum Gasteiger partial charge on any atom is 0.140 e. The van der Waals surface area contributed by atoms with Gasteiger partial charge < -0.3 is 5.32 Å². The van der Waals surface area contributed by atoms with Crippen molar-refractivity contribution in [2.45, 2.75) is 45.1 Å². The molecule has 1 aromatic heterocycles. The molecule has 16 heavy (non-hydrogen) atoms. The van der Waals surface area contributed by atoms with Gasteiger partial charge >= 0.3 is 0 Å². The summed E-state index contributed by atoms with van der Waals surface area (Å²) in [5.41, 5.74) is 0. The van der Waals surface area contributed by atoms with Gasteiger partial charge in [-0.3, -0.25) is 0 Å². The molecule has 1 fully saturated rings. The Hall–Kier alpha value is -0.570. The van der Waals surface area contributed by atoms with Crippen molar-refractivity contribution in [3.05, 3.63) is 22.8 Å². The molecule has 0 bridgehead atoms. The van der Waals surface area contributed by atoms with Crippen molar-refractivity contribution in [3.8, 4) is 0 Å². The highest BCUT2D eigenvalue weighted by Gasteiger charge is 2.23. The average molecular weight is 283 g/mol. The third kappa shape index (κ3) is 2.76. The Morgan fingerprint density at radius 2 is 2.25 bits per heavy atom. The standard InChI is InChI=1S/C13H19BrN2/c1-2-10-6-3-4-8-12(10)16-13-11(14)7-5-9-15-13/h5,7,9-10,12H,2-4,6,8H2,1H3,(H,15,16). The third-order valence-electron chi connectivity index (χ3n) is 3.51. The van der Waals surface area contributed by atoms with Crippen LogP contribution in [0.1, 0.15) is 39.0 Å². The second kappa shape index (κ2) is 5.67. The quantitative estimate of drug-likeness (QED) is 0.898. The Morgan fingerprint density at radius 1 is 1.44 bits per heavy atom. The lowest BCUT2D eigenvalue weighted by molar-refractivity contribution is 0.316. The minimum absolute atomic E-state index is 0.602. The van der Waals surface area contributed by atoms with Crippen LogP contribution in [-0.2, 0) is 0 Å². The van der Waals surface area contributed by atoms with Crippen molar-refractivity contribution in [3.63, 3.8) is 0 Å². The first-order valence-electron chi connectivity index (χ1n) is 6.18. The van der Waals surface area contributed by atoms with Gasteiger partial charge in [-0.1, -0.05) is 26.2 Å². The third-order valence-corrected chi connectivity index (χ3v) is 4.15. The maximum absolute atomic E-state index is 4.38. The molecule has 1 aliphatic rings. The van der Waals surface area contributed by atoms with Crippen LogP contribution in [0.5, 0.6) is 0 Å². The van der Waals surface area contributed by atoms with E-state index in [0.29, 0.717) is 6.04 Å². The lowest BCUT2D eigenvalue weighted by Gasteiger charge is -2.32. The predicted molar refractivity (Wildman–Crippen MR) is 71.6 cm³/mol. The molecule has 0 aliphatic heterocycles. The van der Waals surface area contributed by atoms with Gasteiger partial charge in [-0.25, -0.2) is 4.98 Å². The first kappa shape index (κ1) is 11.9. The van der Waals surface area contributed by atoms with Crippen LogP contribution < -0.4 is 5.32 Å². The van der Waals surface area contributed by atoms with Crippen molar-refractivity contribution in [2.24, 2.45) is 5.92 Å². The Kier molecular flexibility index (Phi) is 4.22. The molecule has 1 aromatic rings. The first-order valence-corrected chi connectivity index (χ1v) is 6.97. The maximum atomic E-state index is 4.38. The molecule has 2 atom stereocenters. The molecule has 1 heterocycles. The van der Waals surface area contributed by atoms with E-state index < -0.39 is 0 Å². The van der Waals surface area contributed by atoms with Crippen molar-refractivity contribution in [1.29, 1.82) is 0 Å². The SMILES string of the molecule is CCC1CCCCC1Nc1ncccc1Br. The zero-order valence-electron chi connectivity index (χ0n) is 9.75. The van der Waals surface area contributed by atoms with Gasteiger partial charge in [0.15, 0.2) is 0 Å². The number of nitrogens with one attached hydrogen (secondary N) is 1. The fourth-order valence-electron chi connectivity index (χ4n) is 2.55. The second-order valence-corrected chi connectivity index (χ2v) is 5.39. The minimum atomic E-state index is 0.602. The van der Waals surface area contributed by atoms with E-state index in [-0.39, 0.29) is 0 Å². The zero-order chi connectivity index (χ0) is 11.4. The lowest BCUT2D eigenvalue weighted by atomic mass is 9.83. The highest BCUT2D eigenvalue weighted by molar-refractivity contribution is 9.10. The summed E-state index contributed by atoms with van der Waals surface area (Å²) >= 11 is 3.54. The molecule has 0 aromatic carbocycles. The number of nitrogens with zero attached hydrogens (tertiary/aromatic N) is 1. The van der Waals surface area contributed by atoms with E-state index in [2.05, 4.69) is 33.2 Å². The molecular formula is C13H19BrN2. The normalized spacial score (nSPS) is 25.4. The number of hydrogen-bond donors (Lipinski definition) is 1. The van der Waals surface area contributed by atoms with E-state index in [1.54, 1.807) is 0 Å². The molecule has 0 amide bonds.